The molecule has 0 spiro atoms. The molecular formula is C8H11ClN2OS. The third-order valence-electron chi connectivity index (χ3n) is 2.06. The van der Waals surface area contributed by atoms with Gasteiger partial charge in [0.15, 0.2) is 5.01 Å². The van der Waals surface area contributed by atoms with Crippen molar-refractivity contribution in [1.82, 2.24) is 4.98 Å². The van der Waals surface area contributed by atoms with Crippen molar-refractivity contribution in [3.05, 3.63) is 15.6 Å². The van der Waals surface area contributed by atoms with Crippen LogP contribution in [0.3, 0.4) is 0 Å². The number of aromatic nitrogens is 1. The molecule has 0 bridgehead atoms. The summed E-state index contributed by atoms with van der Waals surface area (Å²) in [4.78, 5) is 16.2. The van der Waals surface area contributed by atoms with E-state index in [1.165, 1.54) is 29.1 Å². The fraction of sp³-hybridized carbons (Fsp3) is 0.500. The molecule has 2 rings (SSSR count). The molecule has 0 fully saturated rings. The maximum Gasteiger partial charge on any atom is 0.277 e. The average Bonchev–Trinajstić information content (AvgIpc) is 2.46. The minimum Gasteiger partial charge on any atom is -0.364 e. The van der Waals surface area contributed by atoms with Gasteiger partial charge in [-0.25, -0.2) is 4.98 Å². The van der Waals surface area contributed by atoms with E-state index >= 15 is 0 Å². The van der Waals surface area contributed by atoms with E-state index in [2.05, 4.69) is 4.98 Å². The fourth-order valence-electron chi connectivity index (χ4n) is 1.46. The Kier molecular flexibility index (Phi) is 3.27. The molecule has 1 amide bonds. The minimum atomic E-state index is -0.394. The summed E-state index contributed by atoms with van der Waals surface area (Å²) >= 11 is 1.46. The number of amides is 1. The lowest BCUT2D eigenvalue weighted by Gasteiger charge is -2.06. The zero-order valence-corrected chi connectivity index (χ0v) is 8.71. The molecule has 1 aliphatic carbocycles. The Labute approximate surface area is 86.8 Å². The number of rotatable bonds is 1. The van der Waals surface area contributed by atoms with Gasteiger partial charge in [-0.1, -0.05) is 0 Å². The van der Waals surface area contributed by atoms with Gasteiger partial charge in [0.1, 0.15) is 0 Å². The second-order valence-electron chi connectivity index (χ2n) is 2.96. The number of nitrogens with zero attached hydrogens (tertiary/aromatic N) is 1. The molecule has 0 saturated carbocycles. The van der Waals surface area contributed by atoms with Crippen molar-refractivity contribution in [2.24, 2.45) is 5.73 Å². The van der Waals surface area contributed by atoms with Gasteiger partial charge in [0.2, 0.25) is 0 Å². The van der Waals surface area contributed by atoms with Crippen molar-refractivity contribution >= 4 is 29.7 Å². The number of thiazole rings is 1. The van der Waals surface area contributed by atoms with Crippen LogP contribution >= 0.6 is 23.7 Å². The van der Waals surface area contributed by atoms with Crippen LogP contribution in [-0.4, -0.2) is 10.9 Å². The summed E-state index contributed by atoms with van der Waals surface area (Å²) in [6.07, 6.45) is 4.49. The second kappa shape index (κ2) is 4.07. The van der Waals surface area contributed by atoms with Crippen LogP contribution in [0.15, 0.2) is 0 Å². The normalized spacial score (nSPS) is 14.5. The molecule has 1 heterocycles. The van der Waals surface area contributed by atoms with Crippen molar-refractivity contribution in [3.63, 3.8) is 0 Å². The summed E-state index contributed by atoms with van der Waals surface area (Å²) in [5, 5.41) is 0.474. The summed E-state index contributed by atoms with van der Waals surface area (Å²) in [5.41, 5.74) is 6.23. The van der Waals surface area contributed by atoms with Crippen LogP contribution in [0.5, 0.6) is 0 Å². The van der Waals surface area contributed by atoms with E-state index in [0.29, 0.717) is 5.01 Å². The number of hydrogen-bond acceptors (Lipinski definition) is 3. The topological polar surface area (TPSA) is 56.0 Å². The van der Waals surface area contributed by atoms with Crippen LogP contribution in [0.4, 0.5) is 0 Å². The van der Waals surface area contributed by atoms with Crippen LogP contribution in [0.1, 0.15) is 33.2 Å². The number of fused-ring (bicyclic) bond motifs is 1. The Balaban J connectivity index is 0.000000845. The molecule has 1 aromatic heterocycles. The summed E-state index contributed by atoms with van der Waals surface area (Å²) in [7, 11) is 0. The number of halogens is 1. The average molecular weight is 219 g/mol. The highest BCUT2D eigenvalue weighted by Gasteiger charge is 2.16. The molecule has 0 saturated heterocycles. The van der Waals surface area contributed by atoms with Crippen molar-refractivity contribution in [2.45, 2.75) is 25.7 Å². The largest absolute Gasteiger partial charge is 0.364 e. The first-order valence-corrected chi connectivity index (χ1v) is 4.87. The fourth-order valence-corrected chi connectivity index (χ4v) is 2.46. The Morgan fingerprint density at radius 1 is 1.38 bits per heavy atom. The zero-order valence-electron chi connectivity index (χ0n) is 7.08. The highest BCUT2D eigenvalue weighted by molar-refractivity contribution is 7.13. The molecule has 1 aliphatic rings. The first-order chi connectivity index (χ1) is 5.77. The zero-order chi connectivity index (χ0) is 8.55. The van der Waals surface area contributed by atoms with Crippen LogP contribution in [0.25, 0.3) is 0 Å². The second-order valence-corrected chi connectivity index (χ2v) is 4.04. The number of carbonyl (C=O) groups excluding carboxylic acids is 1. The number of carbonyl (C=O) groups is 1. The monoisotopic (exact) mass is 218 g/mol. The molecule has 0 radical (unpaired) electrons. The molecule has 0 aromatic carbocycles. The summed E-state index contributed by atoms with van der Waals surface area (Å²) < 4.78 is 0. The molecule has 0 aliphatic heterocycles. The van der Waals surface area contributed by atoms with E-state index < -0.39 is 5.91 Å². The number of nitrogens with two attached hydrogens (primary N) is 1. The third-order valence-corrected chi connectivity index (χ3v) is 3.23. The van der Waals surface area contributed by atoms with E-state index in [9.17, 15) is 4.79 Å². The van der Waals surface area contributed by atoms with Crippen LogP contribution in [0.2, 0.25) is 0 Å². The minimum absolute atomic E-state index is 0. The molecule has 3 nitrogen and oxygen atoms in total. The Bertz CT molecular complexity index is 300. The molecule has 72 valence electrons. The number of aryl methyl sites for hydroxylation is 2. The van der Waals surface area contributed by atoms with Gasteiger partial charge in [-0.3, -0.25) is 4.79 Å². The third kappa shape index (κ3) is 2.00. The lowest BCUT2D eigenvalue weighted by molar-refractivity contribution is 0.1000. The van der Waals surface area contributed by atoms with E-state index in [4.69, 9.17) is 5.73 Å². The summed E-state index contributed by atoms with van der Waals surface area (Å²) in [5.74, 6) is -0.394. The van der Waals surface area contributed by atoms with E-state index in [1.807, 2.05) is 0 Å². The predicted octanol–water partition coefficient (Wildman–Crippen LogP) is 1.54. The maximum atomic E-state index is 10.8. The number of primary amides is 1. The molecular weight excluding hydrogens is 208 g/mol. The standard InChI is InChI=1S/C8H10N2OS.ClH/c9-7(11)8-10-5-3-1-2-4-6(5)12-8;/h1-4H2,(H2,9,11);1H. The summed E-state index contributed by atoms with van der Waals surface area (Å²) in [6, 6.07) is 0. The van der Waals surface area contributed by atoms with Gasteiger partial charge in [-0.05, 0) is 25.7 Å². The first-order valence-electron chi connectivity index (χ1n) is 4.06. The maximum absolute atomic E-state index is 10.8. The van der Waals surface area contributed by atoms with Gasteiger partial charge in [0.05, 0.1) is 5.69 Å². The van der Waals surface area contributed by atoms with Gasteiger partial charge in [0, 0.05) is 4.88 Å². The predicted molar refractivity (Wildman–Crippen MR) is 54.5 cm³/mol. The van der Waals surface area contributed by atoms with E-state index in [1.54, 1.807) is 0 Å². The SMILES string of the molecule is Cl.NC(=O)c1nc2c(s1)CCCC2. The van der Waals surface area contributed by atoms with E-state index in [-0.39, 0.29) is 12.4 Å². The highest BCUT2D eigenvalue weighted by atomic mass is 35.5. The Morgan fingerprint density at radius 3 is 2.69 bits per heavy atom. The Hall–Kier alpha value is -0.610. The van der Waals surface area contributed by atoms with E-state index in [0.717, 1.165) is 18.5 Å². The van der Waals surface area contributed by atoms with Crippen molar-refractivity contribution < 1.29 is 4.79 Å². The molecule has 0 atom stereocenters. The van der Waals surface area contributed by atoms with Gasteiger partial charge in [-0.2, -0.15) is 0 Å². The van der Waals surface area contributed by atoms with Crippen LogP contribution in [0, 0.1) is 0 Å². The first kappa shape index (κ1) is 10.5. The molecule has 1 aromatic rings. The van der Waals surface area contributed by atoms with Crippen molar-refractivity contribution in [3.8, 4) is 0 Å². The Morgan fingerprint density at radius 2 is 2.08 bits per heavy atom. The van der Waals surface area contributed by atoms with Gasteiger partial charge >= 0.3 is 0 Å². The lowest BCUT2D eigenvalue weighted by atomic mass is 10.0. The highest BCUT2D eigenvalue weighted by Crippen LogP contribution is 2.26. The van der Waals surface area contributed by atoms with Crippen molar-refractivity contribution in [2.75, 3.05) is 0 Å². The summed E-state index contributed by atoms with van der Waals surface area (Å²) in [6.45, 7) is 0. The van der Waals surface area contributed by atoms with Crippen LogP contribution < -0.4 is 5.73 Å². The lowest BCUT2D eigenvalue weighted by Crippen LogP contribution is -2.10. The number of hydrogen-bond donors (Lipinski definition) is 1. The van der Waals surface area contributed by atoms with Crippen molar-refractivity contribution in [1.29, 1.82) is 0 Å². The molecule has 0 unspecified atom stereocenters. The molecule has 2 N–H and O–H groups in total. The smallest absolute Gasteiger partial charge is 0.277 e. The van der Waals surface area contributed by atoms with Gasteiger partial charge < -0.3 is 5.73 Å². The molecule has 13 heavy (non-hydrogen) atoms. The van der Waals surface area contributed by atoms with Crippen LogP contribution in [-0.2, 0) is 12.8 Å². The van der Waals surface area contributed by atoms with Gasteiger partial charge in [0.25, 0.3) is 5.91 Å². The molecule has 5 heteroatoms. The quantitative estimate of drug-likeness (QED) is 0.778. The van der Waals surface area contributed by atoms with Gasteiger partial charge in [-0.15, -0.1) is 23.7 Å².